The normalized spacial score (nSPS) is 41.2. The molecule has 0 radical (unpaired) electrons. The molecule has 1 saturated carbocycles. The Morgan fingerprint density at radius 2 is 1.97 bits per heavy atom. The van der Waals surface area contributed by atoms with E-state index in [9.17, 15) is 4.79 Å². The summed E-state index contributed by atoms with van der Waals surface area (Å²) in [4.78, 5) is 18.2. The third-order valence-corrected chi connectivity index (χ3v) is 8.59. The molecule has 1 aliphatic carbocycles. The molecular weight excluding hydrogens is 384 g/mol. The van der Waals surface area contributed by atoms with Crippen LogP contribution in [0.4, 0.5) is 5.69 Å². The Morgan fingerprint density at radius 1 is 1.23 bits per heavy atom. The predicted octanol–water partition coefficient (Wildman–Crippen LogP) is 2.29. The number of hydrogen-bond acceptors (Lipinski definition) is 7. The van der Waals surface area contributed by atoms with Crippen molar-refractivity contribution in [2.75, 3.05) is 39.8 Å². The fraction of sp³-hybridized carbons (Fsp3) is 0.609. The molecule has 4 heterocycles. The maximum absolute atomic E-state index is 13.4. The first kappa shape index (κ1) is 18.5. The van der Waals surface area contributed by atoms with Crippen LogP contribution in [0.5, 0.6) is 11.5 Å². The Labute approximate surface area is 176 Å². The van der Waals surface area contributed by atoms with Crippen LogP contribution in [0.2, 0.25) is 0 Å². The van der Waals surface area contributed by atoms with Crippen LogP contribution in [0.1, 0.15) is 25.3 Å². The average molecular weight is 412 g/mol. The van der Waals surface area contributed by atoms with Crippen molar-refractivity contribution in [1.82, 2.24) is 4.90 Å². The van der Waals surface area contributed by atoms with E-state index in [2.05, 4.69) is 35.9 Å². The minimum Gasteiger partial charge on any atom is -0.493 e. The predicted molar refractivity (Wildman–Crippen MR) is 110 cm³/mol. The molecule has 4 fully saturated rings. The lowest BCUT2D eigenvalue weighted by Crippen LogP contribution is -2.75. The minimum absolute atomic E-state index is 0.00190. The van der Waals surface area contributed by atoms with E-state index < -0.39 is 11.1 Å². The number of carbonyl (C=O) groups is 1. The second-order valence-corrected chi connectivity index (χ2v) is 9.12. The van der Waals surface area contributed by atoms with Gasteiger partial charge in [-0.05, 0) is 30.9 Å². The Balaban J connectivity index is 1.67. The standard InChI is InChI=1S/C23H28N2O5/c1-6-12-11-25-18-7-13(12)20(21(26)29-5)22-10-19(25)30-23(18,22)24(2)15-9-17(28-4)16(27-3)8-14(15)22/h6,8-9,13,18-20H,7,10-11H2,1-5H3/b12-6-/t13-,18?,19-,20?,22?,23?/m1/s1. The number of fused-ring (bicyclic) bond motifs is 4. The molecule has 5 aliphatic rings. The zero-order valence-electron chi connectivity index (χ0n) is 18.1. The largest absolute Gasteiger partial charge is 0.493 e. The van der Waals surface area contributed by atoms with Crippen LogP contribution in [0.15, 0.2) is 23.8 Å². The number of carbonyl (C=O) groups excluding carboxylic acids is 1. The third-order valence-electron chi connectivity index (χ3n) is 8.59. The highest BCUT2D eigenvalue weighted by Gasteiger charge is 2.83. The SMILES string of the molecule is C/C=C1/CN2C3C[C@H]1C(C(=O)OC)C14C[C@H]2OC31N(C)c1cc(OC)c(OC)cc14. The summed E-state index contributed by atoms with van der Waals surface area (Å²) in [5, 5.41) is 0. The van der Waals surface area contributed by atoms with Gasteiger partial charge in [0.05, 0.1) is 38.7 Å². The molecule has 1 aromatic rings. The van der Waals surface area contributed by atoms with Gasteiger partial charge in [0, 0.05) is 31.8 Å². The molecule has 1 spiro atoms. The number of nitrogens with zero attached hydrogens (tertiary/aromatic N) is 2. The summed E-state index contributed by atoms with van der Waals surface area (Å²) >= 11 is 0. The van der Waals surface area contributed by atoms with Gasteiger partial charge in [-0.25, -0.2) is 0 Å². The van der Waals surface area contributed by atoms with E-state index in [1.807, 2.05) is 6.07 Å². The number of piperidine rings is 2. The maximum atomic E-state index is 13.4. The van der Waals surface area contributed by atoms with Crippen molar-refractivity contribution in [3.63, 3.8) is 0 Å². The van der Waals surface area contributed by atoms with Gasteiger partial charge in [-0.15, -0.1) is 0 Å². The van der Waals surface area contributed by atoms with Crippen LogP contribution in [0.25, 0.3) is 0 Å². The Hall–Kier alpha value is -2.25. The molecule has 0 aromatic heterocycles. The highest BCUT2D eigenvalue weighted by atomic mass is 16.6. The molecular formula is C23H28N2O5. The van der Waals surface area contributed by atoms with E-state index in [1.165, 1.54) is 12.7 Å². The topological polar surface area (TPSA) is 60.5 Å². The molecule has 30 heavy (non-hydrogen) atoms. The van der Waals surface area contributed by atoms with Gasteiger partial charge >= 0.3 is 5.97 Å². The smallest absolute Gasteiger partial charge is 0.310 e. The van der Waals surface area contributed by atoms with Crippen LogP contribution in [-0.2, 0) is 19.7 Å². The second-order valence-electron chi connectivity index (χ2n) is 9.12. The Morgan fingerprint density at radius 3 is 2.63 bits per heavy atom. The van der Waals surface area contributed by atoms with Crippen molar-refractivity contribution in [3.05, 3.63) is 29.3 Å². The lowest BCUT2D eigenvalue weighted by Gasteiger charge is -2.61. The summed E-state index contributed by atoms with van der Waals surface area (Å²) < 4.78 is 23.6. The van der Waals surface area contributed by atoms with Gasteiger partial charge in [0.1, 0.15) is 6.23 Å². The molecule has 7 nitrogen and oxygen atoms in total. The number of esters is 1. The molecule has 4 aliphatic heterocycles. The van der Waals surface area contributed by atoms with Gasteiger partial charge in [-0.1, -0.05) is 11.6 Å². The molecule has 4 unspecified atom stereocenters. The van der Waals surface area contributed by atoms with Crippen molar-refractivity contribution in [1.29, 1.82) is 0 Å². The van der Waals surface area contributed by atoms with E-state index in [0.29, 0.717) is 11.5 Å². The zero-order valence-corrected chi connectivity index (χ0v) is 18.1. The van der Waals surface area contributed by atoms with E-state index in [4.69, 9.17) is 18.9 Å². The fourth-order valence-corrected chi connectivity index (χ4v) is 7.58. The number of methoxy groups -OCH3 is 3. The van der Waals surface area contributed by atoms with Crippen molar-refractivity contribution in [2.24, 2.45) is 11.8 Å². The Kier molecular flexibility index (Phi) is 3.52. The van der Waals surface area contributed by atoms with E-state index in [0.717, 1.165) is 30.6 Å². The van der Waals surface area contributed by atoms with Crippen LogP contribution >= 0.6 is 0 Å². The van der Waals surface area contributed by atoms with Crippen molar-refractivity contribution >= 4 is 11.7 Å². The average Bonchev–Trinajstić information content (AvgIpc) is 3.37. The minimum atomic E-state index is -0.577. The van der Waals surface area contributed by atoms with Crippen LogP contribution in [-0.4, -0.2) is 63.8 Å². The highest BCUT2D eigenvalue weighted by molar-refractivity contribution is 5.83. The molecule has 6 rings (SSSR count). The van der Waals surface area contributed by atoms with Gasteiger partial charge in [0.25, 0.3) is 0 Å². The molecule has 7 heteroatoms. The summed E-state index contributed by atoms with van der Waals surface area (Å²) in [6, 6.07) is 4.34. The molecule has 4 bridgehead atoms. The maximum Gasteiger partial charge on any atom is 0.310 e. The zero-order chi connectivity index (χ0) is 21.0. The lowest BCUT2D eigenvalue weighted by atomic mass is 9.49. The van der Waals surface area contributed by atoms with Crippen LogP contribution in [0, 0.1) is 11.8 Å². The van der Waals surface area contributed by atoms with Crippen LogP contribution < -0.4 is 14.4 Å². The number of anilines is 1. The summed E-state index contributed by atoms with van der Waals surface area (Å²) in [6.45, 7) is 2.94. The van der Waals surface area contributed by atoms with Crippen molar-refractivity contribution in [2.45, 2.75) is 43.2 Å². The monoisotopic (exact) mass is 412 g/mol. The van der Waals surface area contributed by atoms with E-state index >= 15 is 0 Å². The number of benzene rings is 1. The first-order chi connectivity index (χ1) is 14.5. The van der Waals surface area contributed by atoms with Crippen molar-refractivity contribution in [3.8, 4) is 11.5 Å². The number of allylic oxidation sites excluding steroid dienone is 1. The van der Waals surface area contributed by atoms with Gasteiger partial charge in [-0.2, -0.15) is 0 Å². The molecule has 3 saturated heterocycles. The Bertz CT molecular complexity index is 992. The van der Waals surface area contributed by atoms with E-state index in [1.54, 1.807) is 14.2 Å². The molecule has 1 aromatic carbocycles. The van der Waals surface area contributed by atoms with Crippen molar-refractivity contribution < 1.29 is 23.7 Å². The fourth-order valence-electron chi connectivity index (χ4n) is 7.58. The van der Waals surface area contributed by atoms with Gasteiger partial charge in [0.15, 0.2) is 17.2 Å². The first-order valence-corrected chi connectivity index (χ1v) is 10.6. The summed E-state index contributed by atoms with van der Waals surface area (Å²) in [5.41, 5.74) is 2.43. The molecule has 160 valence electrons. The lowest BCUT2D eigenvalue weighted by molar-refractivity contribution is -0.162. The second kappa shape index (κ2) is 5.71. The van der Waals surface area contributed by atoms with Crippen LogP contribution in [0.3, 0.4) is 0 Å². The van der Waals surface area contributed by atoms with Gasteiger partial charge in [-0.3, -0.25) is 9.69 Å². The highest BCUT2D eigenvalue weighted by Crippen LogP contribution is 2.74. The molecule has 0 N–H and O–H groups in total. The molecule has 0 amide bonds. The first-order valence-electron chi connectivity index (χ1n) is 10.6. The summed E-state index contributed by atoms with van der Waals surface area (Å²) in [5.74, 6) is 1.09. The summed E-state index contributed by atoms with van der Waals surface area (Å²) in [6.07, 6.45) is 3.88. The van der Waals surface area contributed by atoms with E-state index in [-0.39, 0.29) is 30.1 Å². The third kappa shape index (κ3) is 1.69. The van der Waals surface area contributed by atoms with Gasteiger partial charge < -0.3 is 23.8 Å². The molecule has 6 atom stereocenters. The van der Waals surface area contributed by atoms with Gasteiger partial charge in [0.2, 0.25) is 0 Å². The number of likely N-dealkylation sites (N-methyl/N-ethyl adjacent to an activating group) is 1. The quantitative estimate of drug-likeness (QED) is 0.558. The summed E-state index contributed by atoms with van der Waals surface area (Å²) in [7, 11) is 6.90. The number of rotatable bonds is 3. The number of ether oxygens (including phenoxy) is 4. The number of hydrogen-bond donors (Lipinski definition) is 0.